The number of nitrogens with two attached hydrogens (primary N) is 1. The Labute approximate surface area is 126 Å². The van der Waals surface area contributed by atoms with Gasteiger partial charge in [0.05, 0.1) is 13.2 Å². The minimum Gasteiger partial charge on any atom is -0.496 e. The maximum Gasteiger partial charge on any atom is 0.123 e. The summed E-state index contributed by atoms with van der Waals surface area (Å²) in [6.45, 7) is 3.06. The highest BCUT2D eigenvalue weighted by molar-refractivity contribution is 5.59. The molecule has 0 saturated heterocycles. The summed E-state index contributed by atoms with van der Waals surface area (Å²) in [6, 6.07) is 17.0. The molecule has 1 aliphatic heterocycles. The predicted octanol–water partition coefficient (Wildman–Crippen LogP) is 3.15. The number of hydrogen-bond acceptors (Lipinski definition) is 3. The van der Waals surface area contributed by atoms with Crippen LogP contribution in [0, 0.1) is 0 Å². The van der Waals surface area contributed by atoms with E-state index in [1.54, 1.807) is 7.11 Å². The van der Waals surface area contributed by atoms with Gasteiger partial charge in [-0.2, -0.15) is 0 Å². The Hall–Kier alpha value is -2.00. The maximum absolute atomic E-state index is 6.45. The minimum atomic E-state index is -0.0604. The molecule has 2 aromatic rings. The van der Waals surface area contributed by atoms with Gasteiger partial charge in [0.1, 0.15) is 5.75 Å². The van der Waals surface area contributed by atoms with Crippen LogP contribution in [0.3, 0.4) is 0 Å². The van der Waals surface area contributed by atoms with Crippen molar-refractivity contribution >= 4 is 5.69 Å². The summed E-state index contributed by atoms with van der Waals surface area (Å²) in [4.78, 5) is 2.41. The van der Waals surface area contributed by atoms with Gasteiger partial charge in [0, 0.05) is 23.8 Å². The summed E-state index contributed by atoms with van der Waals surface area (Å²) in [5.74, 6) is 0.866. The number of benzene rings is 2. The first-order valence-electron chi connectivity index (χ1n) is 7.43. The van der Waals surface area contributed by atoms with Crippen LogP contribution in [-0.4, -0.2) is 19.7 Å². The Kier molecular flexibility index (Phi) is 3.84. The lowest BCUT2D eigenvalue weighted by Crippen LogP contribution is -2.36. The Balaban J connectivity index is 1.83. The number of para-hydroxylation sites is 2. The molecule has 3 rings (SSSR count). The molecule has 0 radical (unpaired) electrons. The summed E-state index contributed by atoms with van der Waals surface area (Å²) in [7, 11) is 1.69. The predicted molar refractivity (Wildman–Crippen MR) is 86.9 cm³/mol. The van der Waals surface area contributed by atoms with E-state index in [2.05, 4.69) is 42.2 Å². The highest BCUT2D eigenvalue weighted by Crippen LogP contribution is 2.34. The number of ether oxygens (including phenoxy) is 1. The molecule has 21 heavy (non-hydrogen) atoms. The number of nitrogens with zero attached hydrogens (tertiary/aromatic N) is 1. The topological polar surface area (TPSA) is 38.5 Å². The van der Waals surface area contributed by atoms with Crippen molar-refractivity contribution in [2.24, 2.45) is 5.73 Å². The van der Waals surface area contributed by atoms with E-state index in [0.717, 1.165) is 24.3 Å². The van der Waals surface area contributed by atoms with Gasteiger partial charge in [-0.25, -0.2) is 0 Å². The van der Waals surface area contributed by atoms with Crippen molar-refractivity contribution < 1.29 is 4.74 Å². The largest absolute Gasteiger partial charge is 0.496 e. The van der Waals surface area contributed by atoms with Crippen LogP contribution in [0.2, 0.25) is 0 Å². The summed E-state index contributed by atoms with van der Waals surface area (Å²) < 4.78 is 5.43. The van der Waals surface area contributed by atoms with Crippen LogP contribution < -0.4 is 15.4 Å². The standard InChI is InChI=1S/C18H22N2O/c1-13-11-14-7-3-5-9-17(14)20(13)12-16(19)15-8-4-6-10-18(15)21-2/h3-10,13,16H,11-12,19H2,1-2H3. The zero-order valence-electron chi connectivity index (χ0n) is 12.6. The van der Waals surface area contributed by atoms with E-state index in [1.807, 2.05) is 18.2 Å². The molecule has 3 heteroatoms. The highest BCUT2D eigenvalue weighted by Gasteiger charge is 2.27. The molecule has 2 atom stereocenters. The Morgan fingerprint density at radius 1 is 1.19 bits per heavy atom. The molecule has 0 fully saturated rings. The Bertz CT molecular complexity index is 626. The first-order chi connectivity index (χ1) is 10.2. The van der Waals surface area contributed by atoms with Crippen molar-refractivity contribution in [2.45, 2.75) is 25.4 Å². The third kappa shape index (κ3) is 2.61. The van der Waals surface area contributed by atoms with Crippen LogP contribution in [0.4, 0.5) is 5.69 Å². The van der Waals surface area contributed by atoms with Crippen molar-refractivity contribution in [2.75, 3.05) is 18.6 Å². The quantitative estimate of drug-likeness (QED) is 0.936. The molecule has 0 aliphatic carbocycles. The third-order valence-electron chi connectivity index (χ3n) is 4.28. The van der Waals surface area contributed by atoms with Gasteiger partial charge in [-0.05, 0) is 31.0 Å². The van der Waals surface area contributed by atoms with Gasteiger partial charge in [0.2, 0.25) is 0 Å². The molecule has 1 heterocycles. The van der Waals surface area contributed by atoms with E-state index in [1.165, 1.54) is 11.3 Å². The van der Waals surface area contributed by atoms with Crippen molar-refractivity contribution in [1.82, 2.24) is 0 Å². The number of rotatable bonds is 4. The zero-order chi connectivity index (χ0) is 14.8. The number of methoxy groups -OCH3 is 1. The summed E-state index contributed by atoms with van der Waals surface area (Å²) in [5.41, 5.74) is 10.2. The van der Waals surface area contributed by atoms with Crippen LogP contribution in [-0.2, 0) is 6.42 Å². The second-order valence-electron chi connectivity index (χ2n) is 5.68. The van der Waals surface area contributed by atoms with Gasteiger partial charge in [0.25, 0.3) is 0 Å². The van der Waals surface area contributed by atoms with E-state index in [4.69, 9.17) is 10.5 Å². The molecule has 1 aliphatic rings. The lowest BCUT2D eigenvalue weighted by Gasteiger charge is -2.28. The fourth-order valence-electron chi connectivity index (χ4n) is 3.19. The summed E-state index contributed by atoms with van der Waals surface area (Å²) >= 11 is 0. The minimum absolute atomic E-state index is 0.0604. The first kappa shape index (κ1) is 14.0. The first-order valence-corrected chi connectivity index (χ1v) is 7.43. The van der Waals surface area contributed by atoms with Gasteiger partial charge >= 0.3 is 0 Å². The average Bonchev–Trinajstić information content (AvgIpc) is 2.83. The SMILES string of the molecule is COc1ccccc1C(N)CN1c2ccccc2CC1C. The second-order valence-corrected chi connectivity index (χ2v) is 5.68. The second kappa shape index (κ2) is 5.78. The van der Waals surface area contributed by atoms with Gasteiger partial charge in [-0.3, -0.25) is 0 Å². The van der Waals surface area contributed by atoms with E-state index in [-0.39, 0.29) is 6.04 Å². The molecule has 2 N–H and O–H groups in total. The van der Waals surface area contributed by atoms with Crippen molar-refractivity contribution in [1.29, 1.82) is 0 Å². The van der Waals surface area contributed by atoms with Crippen molar-refractivity contribution in [3.05, 3.63) is 59.7 Å². The molecule has 3 nitrogen and oxygen atoms in total. The molecular weight excluding hydrogens is 260 g/mol. The van der Waals surface area contributed by atoms with Crippen molar-refractivity contribution in [3.63, 3.8) is 0 Å². The van der Waals surface area contributed by atoms with Crippen LogP contribution >= 0.6 is 0 Å². The monoisotopic (exact) mass is 282 g/mol. The summed E-state index contributed by atoms with van der Waals surface area (Å²) in [5, 5.41) is 0. The fraction of sp³-hybridized carbons (Fsp3) is 0.333. The Morgan fingerprint density at radius 3 is 2.71 bits per heavy atom. The molecule has 0 bridgehead atoms. The van der Waals surface area contributed by atoms with Gasteiger partial charge in [-0.15, -0.1) is 0 Å². The normalized spacial score (nSPS) is 18.4. The van der Waals surface area contributed by atoms with Crippen LogP contribution in [0.1, 0.15) is 24.1 Å². The molecule has 0 amide bonds. The third-order valence-corrected chi connectivity index (χ3v) is 4.28. The number of hydrogen-bond donors (Lipinski definition) is 1. The molecule has 0 saturated carbocycles. The molecule has 0 aromatic heterocycles. The number of anilines is 1. The van der Waals surface area contributed by atoms with E-state index < -0.39 is 0 Å². The van der Waals surface area contributed by atoms with Gasteiger partial charge in [0.15, 0.2) is 0 Å². The van der Waals surface area contributed by atoms with Crippen LogP contribution in [0.15, 0.2) is 48.5 Å². The van der Waals surface area contributed by atoms with Crippen LogP contribution in [0.25, 0.3) is 0 Å². The summed E-state index contributed by atoms with van der Waals surface area (Å²) in [6.07, 6.45) is 1.09. The number of fused-ring (bicyclic) bond motifs is 1. The molecular formula is C18H22N2O. The smallest absolute Gasteiger partial charge is 0.123 e. The lowest BCUT2D eigenvalue weighted by molar-refractivity contribution is 0.405. The van der Waals surface area contributed by atoms with E-state index in [9.17, 15) is 0 Å². The van der Waals surface area contributed by atoms with E-state index >= 15 is 0 Å². The average molecular weight is 282 g/mol. The van der Waals surface area contributed by atoms with Crippen LogP contribution in [0.5, 0.6) is 5.75 Å². The fourth-order valence-corrected chi connectivity index (χ4v) is 3.19. The molecule has 2 aromatic carbocycles. The maximum atomic E-state index is 6.45. The lowest BCUT2D eigenvalue weighted by atomic mass is 10.1. The van der Waals surface area contributed by atoms with Gasteiger partial charge in [-0.1, -0.05) is 36.4 Å². The molecule has 0 spiro atoms. The zero-order valence-corrected chi connectivity index (χ0v) is 12.6. The van der Waals surface area contributed by atoms with E-state index in [0.29, 0.717) is 6.04 Å². The Morgan fingerprint density at radius 2 is 1.90 bits per heavy atom. The van der Waals surface area contributed by atoms with Crippen molar-refractivity contribution in [3.8, 4) is 5.75 Å². The molecule has 110 valence electrons. The van der Waals surface area contributed by atoms with Gasteiger partial charge < -0.3 is 15.4 Å². The molecule has 2 unspecified atom stereocenters. The highest BCUT2D eigenvalue weighted by atomic mass is 16.5.